The molecule has 1 aromatic heterocycles. The summed E-state index contributed by atoms with van der Waals surface area (Å²) in [6, 6.07) is 0.0768. The molecule has 0 saturated heterocycles. The van der Waals surface area contributed by atoms with Crippen LogP contribution in [0.5, 0.6) is 0 Å². The molecule has 78 valence electrons. The van der Waals surface area contributed by atoms with E-state index in [0.717, 1.165) is 6.33 Å². The zero-order valence-electron chi connectivity index (χ0n) is 7.76. The number of hydrogen-bond acceptors (Lipinski definition) is 3. The highest BCUT2D eigenvalue weighted by Gasteiger charge is 2.17. The quantitative estimate of drug-likeness (QED) is 0.853. The van der Waals surface area contributed by atoms with Crippen molar-refractivity contribution >= 4 is 17.4 Å². The fraction of sp³-hybridized carbons (Fsp3) is 0.500. The molecular formula is C8H10ClF2N3. The number of anilines is 1. The molecule has 0 radical (unpaired) electrons. The minimum atomic E-state index is -2.68. The third-order valence-corrected chi connectivity index (χ3v) is 1.82. The van der Waals surface area contributed by atoms with Crippen molar-refractivity contribution in [1.29, 1.82) is 0 Å². The Balaban J connectivity index is 3.01. The molecule has 0 aliphatic heterocycles. The van der Waals surface area contributed by atoms with E-state index in [1.54, 1.807) is 0 Å². The van der Waals surface area contributed by atoms with Crippen molar-refractivity contribution < 1.29 is 8.78 Å². The number of rotatable bonds is 3. The van der Waals surface area contributed by atoms with Gasteiger partial charge in [0.15, 0.2) is 0 Å². The molecule has 0 aliphatic rings. The highest BCUT2D eigenvalue weighted by Crippen LogP contribution is 2.29. The average Bonchev–Trinajstić information content (AvgIpc) is 2.07. The normalized spacial score (nSPS) is 11.1. The van der Waals surface area contributed by atoms with Crippen LogP contribution in [-0.4, -0.2) is 16.0 Å². The van der Waals surface area contributed by atoms with Crippen LogP contribution in [0.15, 0.2) is 6.33 Å². The average molecular weight is 222 g/mol. The Bertz CT molecular complexity index is 317. The monoisotopic (exact) mass is 221 g/mol. The van der Waals surface area contributed by atoms with Gasteiger partial charge in [0.25, 0.3) is 6.43 Å². The molecule has 6 heteroatoms. The lowest BCUT2D eigenvalue weighted by Gasteiger charge is -2.11. The van der Waals surface area contributed by atoms with Crippen LogP contribution in [0.25, 0.3) is 0 Å². The van der Waals surface area contributed by atoms with Gasteiger partial charge in [-0.2, -0.15) is 0 Å². The molecule has 0 atom stereocenters. The summed E-state index contributed by atoms with van der Waals surface area (Å²) in [6.07, 6.45) is -1.61. The summed E-state index contributed by atoms with van der Waals surface area (Å²) in [4.78, 5) is 7.19. The van der Waals surface area contributed by atoms with Gasteiger partial charge in [-0.1, -0.05) is 11.6 Å². The smallest absolute Gasteiger partial charge is 0.282 e. The van der Waals surface area contributed by atoms with Crippen molar-refractivity contribution in [3.8, 4) is 0 Å². The van der Waals surface area contributed by atoms with Gasteiger partial charge < -0.3 is 5.32 Å². The molecule has 0 saturated carbocycles. The molecule has 1 rings (SSSR count). The number of nitrogens with one attached hydrogen (secondary N) is 1. The highest BCUT2D eigenvalue weighted by atomic mass is 35.5. The summed E-state index contributed by atoms with van der Waals surface area (Å²) in [5.74, 6) is 0.243. The van der Waals surface area contributed by atoms with Gasteiger partial charge in [-0.3, -0.25) is 0 Å². The Morgan fingerprint density at radius 1 is 1.36 bits per heavy atom. The third-order valence-electron chi connectivity index (χ3n) is 1.45. The van der Waals surface area contributed by atoms with Gasteiger partial charge in [-0.25, -0.2) is 18.7 Å². The van der Waals surface area contributed by atoms with Crippen LogP contribution >= 0.6 is 11.6 Å². The summed E-state index contributed by atoms with van der Waals surface area (Å²) in [5.41, 5.74) is -0.440. The van der Waals surface area contributed by atoms with E-state index in [0.29, 0.717) is 0 Å². The van der Waals surface area contributed by atoms with Crippen LogP contribution in [0.4, 0.5) is 14.6 Å². The molecule has 0 aliphatic carbocycles. The van der Waals surface area contributed by atoms with Crippen LogP contribution in [-0.2, 0) is 0 Å². The molecule has 0 amide bonds. The first-order valence-corrected chi connectivity index (χ1v) is 4.45. The van der Waals surface area contributed by atoms with E-state index in [4.69, 9.17) is 11.6 Å². The van der Waals surface area contributed by atoms with E-state index in [-0.39, 0.29) is 16.9 Å². The zero-order valence-corrected chi connectivity index (χ0v) is 8.52. The van der Waals surface area contributed by atoms with Gasteiger partial charge in [0.2, 0.25) is 0 Å². The fourth-order valence-electron chi connectivity index (χ4n) is 0.910. The molecule has 0 spiro atoms. The summed E-state index contributed by atoms with van der Waals surface area (Å²) in [7, 11) is 0. The van der Waals surface area contributed by atoms with Crippen LogP contribution in [0, 0.1) is 0 Å². The number of halogens is 3. The Morgan fingerprint density at radius 2 is 2.00 bits per heavy atom. The first-order chi connectivity index (χ1) is 6.52. The first-order valence-electron chi connectivity index (χ1n) is 4.07. The SMILES string of the molecule is CC(C)Nc1ncnc(C(F)F)c1Cl. The van der Waals surface area contributed by atoms with E-state index in [1.165, 1.54) is 0 Å². The summed E-state index contributed by atoms with van der Waals surface area (Å²) >= 11 is 5.68. The van der Waals surface area contributed by atoms with Gasteiger partial charge in [0, 0.05) is 6.04 Å². The maximum atomic E-state index is 12.3. The lowest BCUT2D eigenvalue weighted by Crippen LogP contribution is -2.12. The standard InChI is InChI=1S/C8H10ClF2N3/c1-4(2)14-8-5(9)6(7(10)11)12-3-13-8/h3-4,7H,1-2H3,(H,12,13,14). The third kappa shape index (κ3) is 2.51. The van der Waals surface area contributed by atoms with E-state index in [9.17, 15) is 8.78 Å². The van der Waals surface area contributed by atoms with E-state index in [2.05, 4.69) is 15.3 Å². The minimum absolute atomic E-state index is 0.0768. The largest absolute Gasteiger partial charge is 0.367 e. The molecule has 1 aromatic rings. The Kier molecular flexibility index (Phi) is 3.57. The van der Waals surface area contributed by atoms with Crippen LogP contribution in [0.2, 0.25) is 5.02 Å². The maximum Gasteiger partial charge on any atom is 0.282 e. The van der Waals surface area contributed by atoms with Crippen LogP contribution in [0.3, 0.4) is 0 Å². The number of aromatic nitrogens is 2. The minimum Gasteiger partial charge on any atom is -0.367 e. The van der Waals surface area contributed by atoms with Crippen LogP contribution in [0.1, 0.15) is 26.0 Å². The lowest BCUT2D eigenvalue weighted by molar-refractivity contribution is 0.146. The van der Waals surface area contributed by atoms with E-state index in [1.807, 2.05) is 13.8 Å². The fourth-order valence-corrected chi connectivity index (χ4v) is 1.14. The topological polar surface area (TPSA) is 37.8 Å². The molecule has 3 nitrogen and oxygen atoms in total. The summed E-state index contributed by atoms with van der Waals surface area (Å²) in [6.45, 7) is 3.72. The highest BCUT2D eigenvalue weighted by molar-refractivity contribution is 6.33. The molecule has 1 N–H and O–H groups in total. The van der Waals surface area contributed by atoms with Crippen molar-refractivity contribution in [3.63, 3.8) is 0 Å². The maximum absolute atomic E-state index is 12.3. The van der Waals surface area contributed by atoms with E-state index < -0.39 is 12.1 Å². The molecule has 0 unspecified atom stereocenters. The molecule has 1 heterocycles. The number of hydrogen-bond donors (Lipinski definition) is 1. The number of alkyl halides is 2. The summed E-state index contributed by atoms with van der Waals surface area (Å²) < 4.78 is 24.7. The molecular weight excluding hydrogens is 212 g/mol. The predicted molar refractivity (Wildman–Crippen MR) is 50.8 cm³/mol. The Labute approximate surface area is 85.5 Å². The molecule has 14 heavy (non-hydrogen) atoms. The lowest BCUT2D eigenvalue weighted by atomic mass is 10.3. The zero-order chi connectivity index (χ0) is 10.7. The molecule has 0 fully saturated rings. The van der Waals surface area contributed by atoms with Crippen molar-refractivity contribution in [3.05, 3.63) is 17.0 Å². The molecule has 0 bridgehead atoms. The van der Waals surface area contributed by atoms with E-state index >= 15 is 0 Å². The molecule has 0 aromatic carbocycles. The second-order valence-corrected chi connectivity index (χ2v) is 3.40. The Morgan fingerprint density at radius 3 is 2.50 bits per heavy atom. The van der Waals surface area contributed by atoms with Gasteiger partial charge in [-0.05, 0) is 13.8 Å². The number of nitrogens with zero attached hydrogens (tertiary/aromatic N) is 2. The van der Waals surface area contributed by atoms with Gasteiger partial charge in [0.05, 0.1) is 0 Å². The van der Waals surface area contributed by atoms with Crippen molar-refractivity contribution in [2.45, 2.75) is 26.3 Å². The van der Waals surface area contributed by atoms with Crippen molar-refractivity contribution in [2.24, 2.45) is 0 Å². The van der Waals surface area contributed by atoms with Crippen LogP contribution < -0.4 is 5.32 Å². The van der Waals surface area contributed by atoms with Crippen molar-refractivity contribution in [2.75, 3.05) is 5.32 Å². The second kappa shape index (κ2) is 4.50. The Hall–Kier alpha value is -0.970. The van der Waals surface area contributed by atoms with Crippen molar-refractivity contribution in [1.82, 2.24) is 9.97 Å². The van der Waals surface area contributed by atoms with Gasteiger partial charge >= 0.3 is 0 Å². The first kappa shape index (κ1) is 11.1. The van der Waals surface area contributed by atoms with Gasteiger partial charge in [-0.15, -0.1) is 0 Å². The van der Waals surface area contributed by atoms with Gasteiger partial charge in [0.1, 0.15) is 22.9 Å². The predicted octanol–water partition coefficient (Wildman–Crippen LogP) is 2.89. The summed E-state index contributed by atoms with van der Waals surface area (Å²) in [5, 5.41) is 2.74. The second-order valence-electron chi connectivity index (χ2n) is 3.02.